The van der Waals surface area contributed by atoms with Gasteiger partial charge in [-0.3, -0.25) is 24.4 Å². The molecule has 1 aliphatic carbocycles. The second kappa shape index (κ2) is 7.72. The number of rotatable bonds is 3. The number of aromatic nitrogens is 1. The molecule has 10 heteroatoms. The maximum atomic E-state index is 13.4. The molecule has 0 saturated carbocycles. The van der Waals surface area contributed by atoms with Crippen LogP contribution in [0.1, 0.15) is 32.3 Å². The number of nitrogens with zero attached hydrogens (tertiary/aromatic N) is 3. The van der Waals surface area contributed by atoms with Crippen LogP contribution in [0.4, 0.5) is 18.9 Å². The van der Waals surface area contributed by atoms with Crippen LogP contribution in [0.2, 0.25) is 0 Å². The zero-order valence-corrected chi connectivity index (χ0v) is 17.0. The van der Waals surface area contributed by atoms with E-state index in [0.29, 0.717) is 0 Å². The minimum Gasteiger partial charge on any atom is -0.318 e. The fourth-order valence-corrected chi connectivity index (χ4v) is 3.78. The number of allylic oxidation sites excluding steroid dienone is 3. The highest BCUT2D eigenvalue weighted by molar-refractivity contribution is 6.26. The zero-order chi connectivity index (χ0) is 23.2. The summed E-state index contributed by atoms with van der Waals surface area (Å²) < 4.78 is 38.5. The number of anilines is 1. The number of pyridine rings is 1. The van der Waals surface area contributed by atoms with Gasteiger partial charge in [-0.25, -0.2) is 5.01 Å². The van der Waals surface area contributed by atoms with Gasteiger partial charge in [0.2, 0.25) is 5.78 Å². The molecule has 1 atom stereocenters. The molecule has 0 saturated heterocycles. The summed E-state index contributed by atoms with van der Waals surface area (Å²) in [5.74, 6) is -3.93. The van der Waals surface area contributed by atoms with E-state index in [4.69, 9.17) is 0 Å². The van der Waals surface area contributed by atoms with Crippen LogP contribution in [-0.2, 0) is 4.79 Å². The molecule has 2 aliphatic rings. The van der Waals surface area contributed by atoms with Gasteiger partial charge < -0.3 is 5.32 Å². The van der Waals surface area contributed by atoms with E-state index in [1.807, 2.05) is 5.32 Å². The molecule has 0 radical (unpaired) electrons. The summed E-state index contributed by atoms with van der Waals surface area (Å²) in [6, 6.07) is 8.89. The van der Waals surface area contributed by atoms with Crippen molar-refractivity contribution in [1.82, 2.24) is 15.0 Å². The van der Waals surface area contributed by atoms with Crippen molar-refractivity contribution in [2.75, 3.05) is 19.4 Å². The molecule has 2 heterocycles. The van der Waals surface area contributed by atoms with Crippen molar-refractivity contribution < 1.29 is 27.6 Å². The molecule has 7 nitrogen and oxygen atoms in total. The van der Waals surface area contributed by atoms with Crippen molar-refractivity contribution in [3.05, 3.63) is 83.0 Å². The Morgan fingerprint density at radius 1 is 1.09 bits per heavy atom. The Morgan fingerprint density at radius 2 is 1.81 bits per heavy atom. The van der Waals surface area contributed by atoms with E-state index < -0.39 is 29.6 Å². The molecule has 0 spiro atoms. The first-order valence-electron chi connectivity index (χ1n) is 9.51. The van der Waals surface area contributed by atoms with E-state index in [1.54, 1.807) is 37.4 Å². The van der Waals surface area contributed by atoms with Crippen molar-refractivity contribution in [1.29, 1.82) is 0 Å². The monoisotopic (exact) mass is 442 g/mol. The predicted octanol–water partition coefficient (Wildman–Crippen LogP) is 3.31. The zero-order valence-electron chi connectivity index (χ0n) is 17.0. The van der Waals surface area contributed by atoms with Crippen molar-refractivity contribution in [2.45, 2.75) is 12.1 Å². The van der Waals surface area contributed by atoms with Crippen molar-refractivity contribution >= 4 is 23.2 Å². The molecule has 1 N–H and O–H groups in total. The summed E-state index contributed by atoms with van der Waals surface area (Å²) in [6.07, 6.45) is -0.508. The van der Waals surface area contributed by atoms with E-state index in [9.17, 15) is 27.6 Å². The molecule has 164 valence electrons. The number of benzene rings is 1. The maximum Gasteiger partial charge on any atom is 0.471 e. The van der Waals surface area contributed by atoms with Crippen molar-refractivity contribution in [3.8, 4) is 0 Å². The number of nitrogens with one attached hydrogen (secondary N) is 1. The SMILES string of the molecule is CN(C)N1C=CC(c2ccccc2NC(=O)C(F)(F)F)C2=C1C(=O)c1ncccc1C2=O. The molecular formula is C22H17F3N4O3. The van der Waals surface area contributed by atoms with Gasteiger partial charge in [0.05, 0.1) is 5.56 Å². The summed E-state index contributed by atoms with van der Waals surface area (Å²) in [6.45, 7) is 0. The molecule has 1 unspecified atom stereocenters. The van der Waals surface area contributed by atoms with Gasteiger partial charge in [0.15, 0.2) is 5.78 Å². The van der Waals surface area contributed by atoms with Gasteiger partial charge in [0.1, 0.15) is 11.4 Å². The summed E-state index contributed by atoms with van der Waals surface area (Å²) in [5.41, 5.74) is 0.437. The molecule has 0 fully saturated rings. The van der Waals surface area contributed by atoms with Gasteiger partial charge in [-0.1, -0.05) is 24.3 Å². The third kappa shape index (κ3) is 3.48. The number of alkyl halides is 3. The fourth-order valence-electron chi connectivity index (χ4n) is 3.78. The number of fused-ring (bicyclic) bond motifs is 1. The molecule has 1 aromatic heterocycles. The van der Waals surface area contributed by atoms with Crippen LogP contribution in [0.25, 0.3) is 0 Å². The highest BCUT2D eigenvalue weighted by Crippen LogP contribution is 2.42. The molecular weight excluding hydrogens is 425 g/mol. The van der Waals surface area contributed by atoms with Gasteiger partial charge in [-0.2, -0.15) is 13.2 Å². The number of Topliss-reactive ketones (excluding diaryl/α,β-unsaturated/α-hetero) is 2. The van der Waals surface area contributed by atoms with E-state index in [-0.39, 0.29) is 33.8 Å². The lowest BCUT2D eigenvalue weighted by Gasteiger charge is -2.38. The minimum atomic E-state index is -5.08. The molecule has 32 heavy (non-hydrogen) atoms. The maximum absolute atomic E-state index is 13.4. The average molecular weight is 442 g/mol. The summed E-state index contributed by atoms with van der Waals surface area (Å²) >= 11 is 0. The van der Waals surface area contributed by atoms with Crippen LogP contribution >= 0.6 is 0 Å². The number of carbonyl (C=O) groups is 3. The van der Waals surface area contributed by atoms with Gasteiger partial charge in [-0.15, -0.1) is 0 Å². The summed E-state index contributed by atoms with van der Waals surface area (Å²) in [5, 5.41) is 4.95. The molecule has 1 aromatic carbocycles. The molecule has 1 amide bonds. The Labute approximate surface area is 180 Å². The quantitative estimate of drug-likeness (QED) is 0.786. The lowest BCUT2D eigenvalue weighted by Crippen LogP contribution is -2.42. The van der Waals surface area contributed by atoms with Gasteiger partial charge in [-0.05, 0) is 23.8 Å². The van der Waals surface area contributed by atoms with Crippen LogP contribution in [0, 0.1) is 0 Å². The highest BCUT2D eigenvalue weighted by Gasteiger charge is 2.43. The van der Waals surface area contributed by atoms with Crippen LogP contribution in [0.15, 0.2) is 66.1 Å². The average Bonchev–Trinajstić information content (AvgIpc) is 2.76. The minimum absolute atomic E-state index is 0.0100. The normalized spacial score (nSPS) is 18.1. The Hall–Kier alpha value is -3.79. The number of carbonyl (C=O) groups excluding carboxylic acids is 3. The van der Waals surface area contributed by atoms with E-state index in [1.165, 1.54) is 41.5 Å². The number of hydrogen-bond donors (Lipinski definition) is 1. The molecule has 2 aromatic rings. The van der Waals surface area contributed by atoms with E-state index in [0.717, 1.165) is 0 Å². The molecule has 4 rings (SSSR count). The van der Waals surface area contributed by atoms with Gasteiger partial charge in [0.25, 0.3) is 0 Å². The second-order valence-corrected chi connectivity index (χ2v) is 7.37. The Bertz CT molecular complexity index is 1200. The van der Waals surface area contributed by atoms with Crippen molar-refractivity contribution in [2.24, 2.45) is 0 Å². The first-order valence-corrected chi connectivity index (χ1v) is 9.51. The Kier molecular flexibility index (Phi) is 5.17. The van der Waals surface area contributed by atoms with Crippen molar-refractivity contribution in [3.63, 3.8) is 0 Å². The second-order valence-electron chi connectivity index (χ2n) is 7.37. The fraction of sp³-hybridized carbons (Fsp3) is 0.182. The topological polar surface area (TPSA) is 82.6 Å². The third-order valence-corrected chi connectivity index (χ3v) is 5.17. The number of halogens is 3. The standard InChI is InChI=1S/C22H17F3N4O3/c1-28(2)29-11-9-13(12-6-3-4-8-15(12)27-21(32)22(23,24)25)16-18(29)20(31)17-14(19(16)30)7-5-10-26-17/h3-11,13H,1-2H3,(H,27,32). The third-order valence-electron chi connectivity index (χ3n) is 5.17. The van der Waals surface area contributed by atoms with Crippen LogP contribution < -0.4 is 5.32 Å². The smallest absolute Gasteiger partial charge is 0.318 e. The Morgan fingerprint density at radius 3 is 2.50 bits per heavy atom. The number of ketones is 2. The molecule has 1 aliphatic heterocycles. The largest absolute Gasteiger partial charge is 0.471 e. The number of hydrazine groups is 1. The lowest BCUT2D eigenvalue weighted by atomic mass is 9.78. The molecule has 0 bridgehead atoms. The van der Waals surface area contributed by atoms with Crippen LogP contribution in [0.3, 0.4) is 0 Å². The van der Waals surface area contributed by atoms with E-state index >= 15 is 0 Å². The first-order chi connectivity index (χ1) is 15.1. The predicted molar refractivity (Wildman–Crippen MR) is 108 cm³/mol. The van der Waals surface area contributed by atoms with E-state index in [2.05, 4.69) is 4.98 Å². The van der Waals surface area contributed by atoms with Crippen LogP contribution in [-0.4, -0.2) is 52.7 Å². The Balaban J connectivity index is 1.88. The highest BCUT2D eigenvalue weighted by atomic mass is 19.4. The number of amides is 1. The number of hydrogen-bond acceptors (Lipinski definition) is 6. The summed E-state index contributed by atoms with van der Waals surface area (Å²) in [4.78, 5) is 42.4. The lowest BCUT2D eigenvalue weighted by molar-refractivity contribution is -0.167. The van der Waals surface area contributed by atoms with Crippen LogP contribution in [0.5, 0.6) is 0 Å². The van der Waals surface area contributed by atoms with Gasteiger partial charge >= 0.3 is 12.1 Å². The van der Waals surface area contributed by atoms with Gasteiger partial charge in [0, 0.05) is 43.7 Å². The number of para-hydroxylation sites is 1. The summed E-state index contributed by atoms with van der Waals surface area (Å²) in [7, 11) is 3.36. The first kappa shape index (κ1) is 21.4.